The van der Waals surface area contributed by atoms with Crippen LogP contribution in [0.15, 0.2) is 176 Å². The molecular formula is C44H29IrN3S-2. The quantitative estimate of drug-likeness (QED) is 0.162. The van der Waals surface area contributed by atoms with Crippen LogP contribution in [0.5, 0.6) is 0 Å². The standard InChI is InChI=1S/C33H21N2S.C11H8N.Ir/c1-3-9-23(10-4-1)24-15-17-25(18-16-24)26-19-20-32-28(21-26)29(22-36-32)33-34-30-13-7-8-14-31(30)35(33)27-11-5-2-6-12-27;1-2-6-10(7-3-1)11-8-4-5-9-12-11;/h1-21H;1-6,8-9H;/q2*-1;. The summed E-state index contributed by atoms with van der Waals surface area (Å²) in [5.41, 5.74) is 11.1. The zero-order chi connectivity index (χ0) is 32.1. The summed E-state index contributed by atoms with van der Waals surface area (Å²) in [5, 5.41) is 4.75. The van der Waals surface area contributed by atoms with Crippen molar-refractivity contribution in [1.82, 2.24) is 14.5 Å². The van der Waals surface area contributed by atoms with Gasteiger partial charge in [0, 0.05) is 32.0 Å². The Hall–Kier alpha value is -5.45. The predicted molar refractivity (Wildman–Crippen MR) is 200 cm³/mol. The van der Waals surface area contributed by atoms with Gasteiger partial charge in [-0.15, -0.1) is 41.3 Å². The number of hydrogen-bond acceptors (Lipinski definition) is 3. The average Bonchev–Trinajstić information content (AvgIpc) is 3.78. The first-order valence-electron chi connectivity index (χ1n) is 15.8. The third-order valence-electron chi connectivity index (χ3n) is 8.29. The molecule has 0 aliphatic heterocycles. The first-order valence-corrected chi connectivity index (χ1v) is 16.6. The molecule has 0 unspecified atom stereocenters. The fraction of sp³-hybridized carbons (Fsp3) is 0. The SMILES string of the molecule is [Ir].[c-]1ccccc1-c1ccccn1.[c-]1sc2ccc(-c3ccc(-c4ccccc4)cc3)cc2c1-c1nc2ccccc2n1-c1ccccc1. The van der Waals surface area contributed by atoms with Gasteiger partial charge >= 0.3 is 0 Å². The van der Waals surface area contributed by atoms with Gasteiger partial charge in [-0.25, -0.2) is 0 Å². The second kappa shape index (κ2) is 14.8. The first-order chi connectivity index (χ1) is 23.8. The molecule has 0 bridgehead atoms. The second-order valence-electron chi connectivity index (χ2n) is 11.3. The van der Waals surface area contributed by atoms with Crippen molar-refractivity contribution in [2.24, 2.45) is 0 Å². The summed E-state index contributed by atoms with van der Waals surface area (Å²) in [7, 11) is 0. The number of imidazole rings is 1. The number of hydrogen-bond donors (Lipinski definition) is 0. The summed E-state index contributed by atoms with van der Waals surface area (Å²) in [5.74, 6) is 0.922. The van der Waals surface area contributed by atoms with Gasteiger partial charge in [-0.2, -0.15) is 0 Å². The fourth-order valence-electron chi connectivity index (χ4n) is 5.91. The number of nitrogens with zero attached hydrogens (tertiary/aromatic N) is 3. The Balaban J connectivity index is 0.000000246. The van der Waals surface area contributed by atoms with E-state index in [0.29, 0.717) is 0 Å². The van der Waals surface area contributed by atoms with Gasteiger partial charge in [0.2, 0.25) is 0 Å². The number of benzene rings is 6. The summed E-state index contributed by atoms with van der Waals surface area (Å²) < 4.78 is 3.45. The smallest absolute Gasteiger partial charge is 0.0774 e. The molecule has 0 fully saturated rings. The first kappa shape index (κ1) is 32.1. The van der Waals surface area contributed by atoms with Gasteiger partial charge in [-0.3, -0.25) is 16.3 Å². The largest absolute Gasteiger partial charge is 0.333 e. The van der Waals surface area contributed by atoms with Crippen molar-refractivity contribution < 1.29 is 20.1 Å². The third-order valence-corrected chi connectivity index (χ3v) is 9.17. The molecule has 0 aliphatic carbocycles. The molecule has 6 aromatic carbocycles. The van der Waals surface area contributed by atoms with Crippen molar-refractivity contribution in [3.8, 4) is 50.6 Å². The minimum atomic E-state index is 0. The maximum Gasteiger partial charge on any atom is 0.0774 e. The number of para-hydroxylation sites is 3. The molecular weight excluding hydrogens is 795 g/mol. The summed E-state index contributed by atoms with van der Waals surface area (Å²) in [6.45, 7) is 0. The number of rotatable bonds is 5. The monoisotopic (exact) mass is 824 g/mol. The molecule has 49 heavy (non-hydrogen) atoms. The van der Waals surface area contributed by atoms with E-state index < -0.39 is 0 Å². The van der Waals surface area contributed by atoms with Crippen molar-refractivity contribution in [2.75, 3.05) is 0 Å². The molecule has 0 amide bonds. The molecule has 5 heteroatoms. The van der Waals surface area contributed by atoms with E-state index in [2.05, 4.69) is 136 Å². The van der Waals surface area contributed by atoms with E-state index in [0.717, 1.165) is 39.4 Å². The molecule has 0 saturated heterocycles. The Bertz CT molecular complexity index is 2380. The molecule has 0 atom stereocenters. The minimum Gasteiger partial charge on any atom is -0.333 e. The van der Waals surface area contributed by atoms with Crippen molar-refractivity contribution in [3.05, 3.63) is 188 Å². The number of pyridine rings is 1. The maximum absolute atomic E-state index is 5.07. The molecule has 0 spiro atoms. The average molecular weight is 824 g/mol. The van der Waals surface area contributed by atoms with Crippen LogP contribution in [0.4, 0.5) is 0 Å². The fourth-order valence-corrected chi connectivity index (χ4v) is 6.73. The van der Waals surface area contributed by atoms with Crippen molar-refractivity contribution >= 4 is 32.5 Å². The van der Waals surface area contributed by atoms with Gasteiger partial charge in [-0.1, -0.05) is 131 Å². The second-order valence-corrected chi connectivity index (χ2v) is 12.2. The van der Waals surface area contributed by atoms with Gasteiger partial charge in [0.05, 0.1) is 16.9 Å². The molecule has 0 saturated carbocycles. The molecule has 3 aromatic heterocycles. The van der Waals surface area contributed by atoms with Crippen LogP contribution >= 0.6 is 11.3 Å². The molecule has 3 heterocycles. The summed E-state index contributed by atoms with van der Waals surface area (Å²) in [4.78, 5) is 9.29. The molecule has 9 aromatic rings. The topological polar surface area (TPSA) is 30.7 Å². The van der Waals surface area contributed by atoms with E-state index in [9.17, 15) is 0 Å². The van der Waals surface area contributed by atoms with Crippen LogP contribution in [-0.4, -0.2) is 14.5 Å². The Morgan fingerprint density at radius 2 is 1.22 bits per heavy atom. The van der Waals surface area contributed by atoms with Crippen LogP contribution in [0.3, 0.4) is 0 Å². The van der Waals surface area contributed by atoms with E-state index in [1.165, 1.54) is 32.3 Å². The predicted octanol–water partition coefficient (Wildman–Crippen LogP) is 11.6. The van der Waals surface area contributed by atoms with Gasteiger partial charge in [-0.05, 0) is 58.3 Å². The molecule has 1 radical (unpaired) electrons. The summed E-state index contributed by atoms with van der Waals surface area (Å²) in [6, 6.07) is 61.6. The summed E-state index contributed by atoms with van der Waals surface area (Å²) >= 11 is 1.65. The van der Waals surface area contributed by atoms with Crippen molar-refractivity contribution in [2.45, 2.75) is 0 Å². The van der Waals surface area contributed by atoms with Crippen LogP contribution < -0.4 is 0 Å². The Morgan fingerprint density at radius 1 is 0.571 bits per heavy atom. The van der Waals surface area contributed by atoms with E-state index in [1.807, 2.05) is 54.6 Å². The van der Waals surface area contributed by atoms with Crippen LogP contribution in [0.1, 0.15) is 0 Å². The number of thiophene rings is 1. The summed E-state index contributed by atoms with van der Waals surface area (Å²) in [6.07, 6.45) is 1.79. The van der Waals surface area contributed by atoms with Gasteiger partial charge < -0.3 is 9.55 Å². The molecule has 0 aliphatic rings. The van der Waals surface area contributed by atoms with Crippen LogP contribution in [-0.2, 0) is 20.1 Å². The molecule has 237 valence electrons. The maximum atomic E-state index is 5.07. The normalized spacial score (nSPS) is 10.7. The van der Waals surface area contributed by atoms with Crippen molar-refractivity contribution in [3.63, 3.8) is 0 Å². The van der Waals surface area contributed by atoms with Gasteiger partial charge in [0.25, 0.3) is 0 Å². The minimum absolute atomic E-state index is 0. The Kier molecular flexibility index (Phi) is 9.67. The van der Waals surface area contributed by atoms with Crippen LogP contribution in [0, 0.1) is 11.4 Å². The number of fused-ring (bicyclic) bond motifs is 2. The zero-order valence-electron chi connectivity index (χ0n) is 26.3. The zero-order valence-corrected chi connectivity index (χ0v) is 29.5. The Morgan fingerprint density at radius 3 is 1.96 bits per heavy atom. The van der Waals surface area contributed by atoms with Crippen LogP contribution in [0.25, 0.3) is 71.7 Å². The molecule has 9 rings (SSSR count). The van der Waals surface area contributed by atoms with E-state index in [4.69, 9.17) is 4.98 Å². The molecule has 3 nitrogen and oxygen atoms in total. The van der Waals surface area contributed by atoms with Gasteiger partial charge in [0.15, 0.2) is 0 Å². The third kappa shape index (κ3) is 6.78. The van der Waals surface area contributed by atoms with Crippen molar-refractivity contribution in [1.29, 1.82) is 0 Å². The van der Waals surface area contributed by atoms with E-state index in [-0.39, 0.29) is 20.1 Å². The Labute approximate surface area is 303 Å². The van der Waals surface area contributed by atoms with E-state index >= 15 is 0 Å². The molecule has 0 N–H and O–H groups in total. The number of aromatic nitrogens is 3. The van der Waals surface area contributed by atoms with E-state index in [1.54, 1.807) is 17.5 Å². The van der Waals surface area contributed by atoms with Crippen LogP contribution in [0.2, 0.25) is 0 Å². The van der Waals surface area contributed by atoms with Gasteiger partial charge in [0.1, 0.15) is 0 Å².